The highest BCUT2D eigenvalue weighted by molar-refractivity contribution is 7.89. The summed E-state index contributed by atoms with van der Waals surface area (Å²) in [6, 6.07) is 17.6. The van der Waals surface area contributed by atoms with Crippen LogP contribution in [0.15, 0.2) is 65.6 Å². The molecule has 0 atom stereocenters. The molecule has 0 amide bonds. The van der Waals surface area contributed by atoms with Crippen LogP contribution in [-0.2, 0) is 16.6 Å². The minimum atomic E-state index is -3.59. The van der Waals surface area contributed by atoms with Gasteiger partial charge in [0, 0.05) is 12.2 Å². The molecule has 3 aromatic rings. The fourth-order valence-electron chi connectivity index (χ4n) is 2.78. The van der Waals surface area contributed by atoms with E-state index in [0.717, 1.165) is 22.4 Å². The van der Waals surface area contributed by atoms with E-state index in [1.54, 1.807) is 12.1 Å². The first-order chi connectivity index (χ1) is 13.3. The monoisotopic (exact) mass is 396 g/mol. The Labute approximate surface area is 166 Å². The Bertz CT molecular complexity index is 1070. The van der Waals surface area contributed by atoms with Gasteiger partial charge in [-0.15, -0.1) is 0 Å². The average Bonchev–Trinajstić information content (AvgIpc) is 2.68. The summed E-state index contributed by atoms with van der Waals surface area (Å²) in [4.78, 5) is 0.187. The maximum atomic E-state index is 12.4. The lowest BCUT2D eigenvalue weighted by molar-refractivity contribution is 0.474. The first kappa shape index (κ1) is 19.9. The number of sulfonamides is 1. The van der Waals surface area contributed by atoms with Crippen molar-refractivity contribution in [2.45, 2.75) is 32.2 Å². The smallest absolute Gasteiger partial charge is 0.240 e. The lowest BCUT2D eigenvalue weighted by atomic mass is 10.1. The Morgan fingerprint density at radius 2 is 1.46 bits per heavy atom. The van der Waals surface area contributed by atoms with Gasteiger partial charge < -0.3 is 10.5 Å². The van der Waals surface area contributed by atoms with Gasteiger partial charge >= 0.3 is 0 Å². The maximum Gasteiger partial charge on any atom is 0.240 e. The van der Waals surface area contributed by atoms with E-state index >= 15 is 0 Å². The summed E-state index contributed by atoms with van der Waals surface area (Å²) >= 11 is 0. The molecular weight excluding hydrogens is 372 g/mol. The molecule has 3 N–H and O–H groups in total. The van der Waals surface area contributed by atoms with Gasteiger partial charge in [0.1, 0.15) is 11.5 Å². The van der Waals surface area contributed by atoms with Crippen LogP contribution in [0, 0.1) is 20.8 Å². The van der Waals surface area contributed by atoms with E-state index < -0.39 is 10.0 Å². The highest BCUT2D eigenvalue weighted by Gasteiger charge is 2.13. The summed E-state index contributed by atoms with van der Waals surface area (Å²) < 4.78 is 33.4. The highest BCUT2D eigenvalue weighted by atomic mass is 32.2. The zero-order valence-corrected chi connectivity index (χ0v) is 17.0. The van der Waals surface area contributed by atoms with Gasteiger partial charge in [0.25, 0.3) is 0 Å². The number of aryl methyl sites for hydroxylation is 2. The molecule has 0 saturated carbocycles. The van der Waals surface area contributed by atoms with Gasteiger partial charge in [-0.1, -0.05) is 24.3 Å². The van der Waals surface area contributed by atoms with Gasteiger partial charge in [-0.25, -0.2) is 13.1 Å². The Hall–Kier alpha value is -2.83. The van der Waals surface area contributed by atoms with Crippen LogP contribution in [0.5, 0.6) is 11.5 Å². The molecule has 0 aliphatic heterocycles. The van der Waals surface area contributed by atoms with Crippen molar-refractivity contribution in [3.8, 4) is 11.5 Å². The molecule has 0 aromatic heterocycles. The van der Waals surface area contributed by atoms with Crippen LogP contribution in [0.1, 0.15) is 22.3 Å². The van der Waals surface area contributed by atoms with Crippen LogP contribution in [0.25, 0.3) is 0 Å². The maximum absolute atomic E-state index is 12.4. The van der Waals surface area contributed by atoms with Crippen molar-refractivity contribution in [1.29, 1.82) is 0 Å². The quantitative estimate of drug-likeness (QED) is 0.603. The second-order valence-corrected chi connectivity index (χ2v) is 8.56. The molecule has 0 bridgehead atoms. The van der Waals surface area contributed by atoms with Crippen molar-refractivity contribution in [3.05, 3.63) is 82.9 Å². The van der Waals surface area contributed by atoms with Crippen LogP contribution >= 0.6 is 0 Å². The molecule has 0 unspecified atom stereocenters. The standard InChI is InChI=1S/C22H24N2O3S/c1-15-4-5-16(2)22(17(15)3)27-20-10-6-18(7-11-20)14-24-28(25,26)21-12-8-19(23)9-13-21/h4-13,24H,14,23H2,1-3H3. The van der Waals surface area contributed by atoms with Crippen LogP contribution in [0.2, 0.25) is 0 Å². The van der Waals surface area contributed by atoms with Crippen LogP contribution in [0.4, 0.5) is 5.69 Å². The van der Waals surface area contributed by atoms with E-state index in [1.807, 2.05) is 44.2 Å². The molecule has 0 heterocycles. The third kappa shape index (κ3) is 4.52. The Morgan fingerprint density at radius 3 is 2.11 bits per heavy atom. The number of hydrogen-bond donors (Lipinski definition) is 2. The van der Waals surface area contributed by atoms with Crippen molar-refractivity contribution in [2.75, 3.05) is 5.73 Å². The second kappa shape index (κ2) is 8.04. The summed E-state index contributed by atoms with van der Waals surface area (Å²) in [5.74, 6) is 1.57. The van der Waals surface area contributed by atoms with E-state index in [9.17, 15) is 8.42 Å². The number of hydrogen-bond acceptors (Lipinski definition) is 4. The van der Waals surface area contributed by atoms with Gasteiger partial charge in [0.05, 0.1) is 4.90 Å². The predicted octanol–water partition coefficient (Wildman–Crippen LogP) is 4.46. The molecule has 0 aliphatic rings. The first-order valence-corrected chi connectivity index (χ1v) is 10.4. The van der Waals surface area contributed by atoms with Gasteiger partial charge in [0.15, 0.2) is 0 Å². The Balaban J connectivity index is 1.68. The molecule has 0 radical (unpaired) electrons. The zero-order valence-electron chi connectivity index (χ0n) is 16.2. The molecular formula is C22H24N2O3S. The summed E-state index contributed by atoms with van der Waals surface area (Å²) in [5.41, 5.74) is 10.3. The fraction of sp³-hybridized carbons (Fsp3) is 0.182. The summed E-state index contributed by atoms with van der Waals surface area (Å²) in [5, 5.41) is 0. The molecule has 3 aromatic carbocycles. The van der Waals surface area contributed by atoms with Crippen molar-refractivity contribution < 1.29 is 13.2 Å². The first-order valence-electron chi connectivity index (χ1n) is 8.95. The van der Waals surface area contributed by atoms with Crippen molar-refractivity contribution in [1.82, 2.24) is 4.72 Å². The van der Waals surface area contributed by atoms with E-state index in [-0.39, 0.29) is 11.4 Å². The van der Waals surface area contributed by atoms with Gasteiger partial charge in [0.2, 0.25) is 10.0 Å². The molecule has 0 saturated heterocycles. The van der Waals surface area contributed by atoms with E-state index in [1.165, 1.54) is 17.7 Å². The van der Waals surface area contributed by atoms with Crippen molar-refractivity contribution in [2.24, 2.45) is 0 Å². The number of nitrogen functional groups attached to an aromatic ring is 1. The largest absolute Gasteiger partial charge is 0.457 e. The van der Waals surface area contributed by atoms with Crippen LogP contribution < -0.4 is 15.2 Å². The summed E-state index contributed by atoms with van der Waals surface area (Å²) in [6.07, 6.45) is 0. The molecule has 6 heteroatoms. The molecule has 0 spiro atoms. The summed E-state index contributed by atoms with van der Waals surface area (Å²) in [6.45, 7) is 6.30. The van der Waals surface area contributed by atoms with Crippen LogP contribution in [0.3, 0.4) is 0 Å². The molecule has 0 aliphatic carbocycles. The number of ether oxygens (including phenoxy) is 1. The number of nitrogens with one attached hydrogen (secondary N) is 1. The van der Waals surface area contributed by atoms with E-state index in [4.69, 9.17) is 10.5 Å². The lowest BCUT2D eigenvalue weighted by Gasteiger charge is -2.14. The number of nitrogens with two attached hydrogens (primary N) is 1. The van der Waals surface area contributed by atoms with Crippen molar-refractivity contribution >= 4 is 15.7 Å². The van der Waals surface area contributed by atoms with Crippen molar-refractivity contribution in [3.63, 3.8) is 0 Å². The lowest BCUT2D eigenvalue weighted by Crippen LogP contribution is -2.23. The zero-order chi connectivity index (χ0) is 20.3. The number of rotatable bonds is 6. The molecule has 0 fully saturated rings. The summed E-state index contributed by atoms with van der Waals surface area (Å²) in [7, 11) is -3.59. The van der Waals surface area contributed by atoms with E-state index in [0.29, 0.717) is 11.4 Å². The Kier molecular flexibility index (Phi) is 5.72. The van der Waals surface area contributed by atoms with Gasteiger partial charge in [-0.05, 0) is 79.4 Å². The molecule has 3 rings (SSSR count). The minimum Gasteiger partial charge on any atom is -0.457 e. The minimum absolute atomic E-state index is 0.187. The Morgan fingerprint density at radius 1 is 0.857 bits per heavy atom. The normalized spacial score (nSPS) is 11.4. The SMILES string of the molecule is Cc1ccc(C)c(Oc2ccc(CNS(=O)(=O)c3ccc(N)cc3)cc2)c1C. The highest BCUT2D eigenvalue weighted by Crippen LogP contribution is 2.30. The third-order valence-corrected chi connectivity index (χ3v) is 6.09. The topological polar surface area (TPSA) is 81.4 Å². The van der Waals surface area contributed by atoms with Crippen LogP contribution in [-0.4, -0.2) is 8.42 Å². The number of anilines is 1. The molecule has 28 heavy (non-hydrogen) atoms. The third-order valence-electron chi connectivity index (χ3n) is 4.67. The van der Waals surface area contributed by atoms with E-state index in [2.05, 4.69) is 17.7 Å². The fourth-order valence-corrected chi connectivity index (χ4v) is 3.80. The molecule has 146 valence electrons. The number of benzene rings is 3. The van der Waals surface area contributed by atoms with Gasteiger partial charge in [-0.3, -0.25) is 0 Å². The van der Waals surface area contributed by atoms with Gasteiger partial charge in [-0.2, -0.15) is 0 Å². The average molecular weight is 397 g/mol. The second-order valence-electron chi connectivity index (χ2n) is 6.79. The molecule has 5 nitrogen and oxygen atoms in total. The predicted molar refractivity (Wildman–Crippen MR) is 112 cm³/mol.